The lowest BCUT2D eigenvalue weighted by atomic mass is 9.80. The van der Waals surface area contributed by atoms with Gasteiger partial charge in [0.25, 0.3) is 0 Å². The van der Waals surface area contributed by atoms with Gasteiger partial charge >= 0.3 is 0 Å². The lowest BCUT2D eigenvalue weighted by Crippen LogP contribution is -2.22. The molecule has 1 aromatic heterocycles. The molecule has 1 heterocycles. The van der Waals surface area contributed by atoms with Crippen molar-refractivity contribution in [3.05, 3.63) is 28.8 Å². The van der Waals surface area contributed by atoms with Crippen LogP contribution in [0.3, 0.4) is 0 Å². The summed E-state index contributed by atoms with van der Waals surface area (Å²) in [6.07, 6.45) is 3.81. The predicted molar refractivity (Wildman–Crippen MR) is 69.1 cm³/mol. The van der Waals surface area contributed by atoms with Crippen LogP contribution in [-0.2, 0) is 0 Å². The van der Waals surface area contributed by atoms with E-state index in [2.05, 4.69) is 16.5 Å². The Morgan fingerprint density at radius 3 is 2.88 bits per heavy atom. The van der Waals surface area contributed by atoms with E-state index in [0.29, 0.717) is 22.2 Å². The topological polar surface area (TPSA) is 20.7 Å². The number of hydrogen-bond acceptors (Lipinski definition) is 1. The molecular formula is C13H15FN2S. The minimum absolute atomic E-state index is 0.229. The second kappa shape index (κ2) is 3.95. The third kappa shape index (κ3) is 1.62. The van der Waals surface area contributed by atoms with Gasteiger partial charge in [0.1, 0.15) is 11.3 Å². The Hall–Kier alpha value is -1.16. The zero-order valence-electron chi connectivity index (χ0n) is 9.74. The number of halogens is 1. The van der Waals surface area contributed by atoms with Crippen LogP contribution in [0.15, 0.2) is 18.2 Å². The van der Waals surface area contributed by atoms with Crippen LogP contribution in [0.1, 0.15) is 32.2 Å². The van der Waals surface area contributed by atoms with Crippen LogP contribution in [-0.4, -0.2) is 9.55 Å². The van der Waals surface area contributed by atoms with Crippen molar-refractivity contribution in [1.82, 2.24) is 9.55 Å². The smallest absolute Gasteiger partial charge is 0.178 e. The number of H-pyrrole nitrogens is 1. The number of benzene rings is 1. The number of rotatable bonds is 2. The SMILES string of the molecule is CC(C1CCC1)n1c(=S)[nH]c2c(F)cccc21. The van der Waals surface area contributed by atoms with Crippen LogP contribution in [0.2, 0.25) is 0 Å². The van der Waals surface area contributed by atoms with Gasteiger partial charge in [0.15, 0.2) is 4.77 Å². The summed E-state index contributed by atoms with van der Waals surface area (Å²) in [5, 5.41) is 0. The molecule has 4 heteroatoms. The quantitative estimate of drug-likeness (QED) is 0.792. The van der Waals surface area contributed by atoms with E-state index >= 15 is 0 Å². The highest BCUT2D eigenvalue weighted by atomic mass is 32.1. The Morgan fingerprint density at radius 2 is 2.24 bits per heavy atom. The molecule has 1 aliphatic carbocycles. The Morgan fingerprint density at radius 1 is 1.47 bits per heavy atom. The largest absolute Gasteiger partial charge is 0.328 e. The molecule has 1 N–H and O–H groups in total. The van der Waals surface area contributed by atoms with E-state index in [9.17, 15) is 4.39 Å². The molecule has 2 nitrogen and oxygen atoms in total. The van der Waals surface area contributed by atoms with Crippen molar-refractivity contribution >= 4 is 23.3 Å². The second-order valence-corrected chi connectivity index (χ2v) is 5.25. The molecule has 0 aliphatic heterocycles. The molecule has 0 saturated heterocycles. The van der Waals surface area contributed by atoms with Crippen molar-refractivity contribution in [2.24, 2.45) is 5.92 Å². The number of nitrogens with zero attached hydrogens (tertiary/aromatic N) is 1. The Balaban J connectivity index is 2.18. The van der Waals surface area contributed by atoms with Gasteiger partial charge in [-0.05, 0) is 50.0 Å². The lowest BCUT2D eigenvalue weighted by Gasteiger charge is -2.32. The highest BCUT2D eigenvalue weighted by Gasteiger charge is 2.26. The highest BCUT2D eigenvalue weighted by Crippen LogP contribution is 2.37. The van der Waals surface area contributed by atoms with Crippen LogP contribution in [0.4, 0.5) is 4.39 Å². The molecule has 1 unspecified atom stereocenters. The first-order chi connectivity index (χ1) is 8.18. The zero-order chi connectivity index (χ0) is 12.0. The van der Waals surface area contributed by atoms with Crippen molar-refractivity contribution < 1.29 is 4.39 Å². The summed E-state index contributed by atoms with van der Waals surface area (Å²) in [4.78, 5) is 2.98. The van der Waals surface area contributed by atoms with Crippen LogP contribution in [0, 0.1) is 16.5 Å². The number of hydrogen-bond donors (Lipinski definition) is 1. The molecule has 1 fully saturated rings. The van der Waals surface area contributed by atoms with Gasteiger partial charge in [0.2, 0.25) is 0 Å². The molecule has 1 aliphatic rings. The second-order valence-electron chi connectivity index (χ2n) is 4.87. The first kappa shape index (κ1) is 11.0. The predicted octanol–water partition coefficient (Wildman–Crippen LogP) is 4.20. The summed E-state index contributed by atoms with van der Waals surface area (Å²) < 4.78 is 16.3. The maximum absolute atomic E-state index is 13.6. The molecule has 3 rings (SSSR count). The normalized spacial score (nSPS) is 18.2. The van der Waals surface area contributed by atoms with E-state index in [1.165, 1.54) is 25.3 Å². The fourth-order valence-corrected chi connectivity index (χ4v) is 3.02. The van der Waals surface area contributed by atoms with Crippen LogP contribution in [0.5, 0.6) is 0 Å². The zero-order valence-corrected chi connectivity index (χ0v) is 10.6. The van der Waals surface area contributed by atoms with E-state index < -0.39 is 0 Å². The molecule has 1 atom stereocenters. The molecule has 1 aromatic carbocycles. The minimum atomic E-state index is -0.229. The Kier molecular flexibility index (Phi) is 2.54. The molecule has 17 heavy (non-hydrogen) atoms. The monoisotopic (exact) mass is 250 g/mol. The van der Waals surface area contributed by atoms with Gasteiger partial charge in [-0.15, -0.1) is 0 Å². The number of imidazole rings is 1. The molecule has 1 saturated carbocycles. The lowest BCUT2D eigenvalue weighted by molar-refractivity contribution is 0.224. The summed E-state index contributed by atoms with van der Waals surface area (Å²) in [5.74, 6) is 0.456. The van der Waals surface area contributed by atoms with Gasteiger partial charge < -0.3 is 9.55 Å². The molecule has 0 amide bonds. The van der Waals surface area contributed by atoms with Gasteiger partial charge in [-0.2, -0.15) is 0 Å². The number of aromatic amines is 1. The van der Waals surface area contributed by atoms with E-state index in [1.807, 2.05) is 6.07 Å². The van der Waals surface area contributed by atoms with E-state index in [0.717, 1.165) is 5.52 Å². The molecule has 0 radical (unpaired) electrons. The summed E-state index contributed by atoms with van der Waals surface area (Å²) in [7, 11) is 0. The number of aromatic nitrogens is 2. The van der Waals surface area contributed by atoms with E-state index in [1.54, 1.807) is 6.07 Å². The first-order valence-electron chi connectivity index (χ1n) is 6.07. The van der Waals surface area contributed by atoms with Crippen molar-refractivity contribution in [1.29, 1.82) is 0 Å². The number of nitrogens with one attached hydrogen (secondary N) is 1. The van der Waals surface area contributed by atoms with Gasteiger partial charge in [-0.3, -0.25) is 0 Å². The van der Waals surface area contributed by atoms with Gasteiger partial charge in [0.05, 0.1) is 5.52 Å². The molecule has 90 valence electrons. The average molecular weight is 250 g/mol. The Labute approximate surface area is 104 Å². The minimum Gasteiger partial charge on any atom is -0.328 e. The summed E-state index contributed by atoms with van der Waals surface area (Å²) in [6.45, 7) is 2.18. The van der Waals surface area contributed by atoms with Crippen LogP contribution in [0.25, 0.3) is 11.0 Å². The third-order valence-corrected chi connectivity index (χ3v) is 4.24. The summed E-state index contributed by atoms with van der Waals surface area (Å²) >= 11 is 5.32. The molecule has 0 spiro atoms. The van der Waals surface area contributed by atoms with Crippen LogP contribution >= 0.6 is 12.2 Å². The van der Waals surface area contributed by atoms with Gasteiger partial charge in [-0.25, -0.2) is 4.39 Å². The fraction of sp³-hybridized carbons (Fsp3) is 0.462. The molecule has 2 aromatic rings. The van der Waals surface area contributed by atoms with E-state index in [4.69, 9.17) is 12.2 Å². The Bertz CT molecular complexity index is 609. The van der Waals surface area contributed by atoms with E-state index in [-0.39, 0.29) is 5.82 Å². The molecular weight excluding hydrogens is 235 g/mol. The third-order valence-electron chi connectivity index (χ3n) is 3.94. The van der Waals surface area contributed by atoms with Gasteiger partial charge in [-0.1, -0.05) is 12.5 Å². The number of fused-ring (bicyclic) bond motifs is 1. The van der Waals surface area contributed by atoms with Crippen molar-refractivity contribution in [2.75, 3.05) is 0 Å². The van der Waals surface area contributed by atoms with Crippen molar-refractivity contribution in [3.8, 4) is 0 Å². The maximum Gasteiger partial charge on any atom is 0.178 e. The first-order valence-corrected chi connectivity index (χ1v) is 6.48. The standard InChI is InChI=1S/C13H15FN2S/c1-8(9-4-2-5-9)16-11-7-3-6-10(14)12(11)15-13(16)17/h3,6-9H,2,4-5H2,1H3,(H,15,17). The highest BCUT2D eigenvalue weighted by molar-refractivity contribution is 7.71. The summed E-state index contributed by atoms with van der Waals surface area (Å²) in [5.41, 5.74) is 1.41. The summed E-state index contributed by atoms with van der Waals surface area (Å²) in [6, 6.07) is 5.49. The molecule has 0 bridgehead atoms. The van der Waals surface area contributed by atoms with Crippen LogP contribution < -0.4 is 0 Å². The van der Waals surface area contributed by atoms with Gasteiger partial charge in [0, 0.05) is 6.04 Å². The number of para-hydroxylation sites is 1. The average Bonchev–Trinajstić information content (AvgIpc) is 2.53. The van der Waals surface area contributed by atoms with Crippen molar-refractivity contribution in [2.45, 2.75) is 32.2 Å². The maximum atomic E-state index is 13.6. The van der Waals surface area contributed by atoms with Crippen molar-refractivity contribution in [3.63, 3.8) is 0 Å². The fourth-order valence-electron chi connectivity index (χ4n) is 2.65.